The predicted octanol–water partition coefficient (Wildman–Crippen LogP) is 4.34. The van der Waals surface area contributed by atoms with E-state index in [1.54, 1.807) is 36.1 Å². The van der Waals surface area contributed by atoms with Crippen molar-refractivity contribution in [1.82, 2.24) is 10.2 Å². The van der Waals surface area contributed by atoms with Crippen LogP contribution in [0.4, 0.5) is 5.69 Å². The van der Waals surface area contributed by atoms with Gasteiger partial charge in [0.25, 0.3) is 0 Å². The number of ether oxygens (including phenoxy) is 1. The van der Waals surface area contributed by atoms with Crippen molar-refractivity contribution in [1.29, 1.82) is 0 Å². The molecule has 0 aliphatic heterocycles. The van der Waals surface area contributed by atoms with Crippen LogP contribution in [0.2, 0.25) is 0 Å². The molecule has 0 aliphatic rings. The molecular weight excluding hydrogens is 546 g/mol. The van der Waals surface area contributed by atoms with E-state index >= 15 is 0 Å². The van der Waals surface area contributed by atoms with Crippen molar-refractivity contribution >= 4 is 43.5 Å². The Hall–Kier alpha value is -2.59. The van der Waals surface area contributed by atoms with Gasteiger partial charge in [0, 0.05) is 30.0 Å². The van der Waals surface area contributed by atoms with Gasteiger partial charge in [-0.15, -0.1) is 0 Å². The van der Waals surface area contributed by atoms with Crippen molar-refractivity contribution in [2.45, 2.75) is 59.2 Å². The number of sulfonamides is 1. The average Bonchev–Trinajstić information content (AvgIpc) is 2.80. The maximum Gasteiger partial charge on any atom is 0.242 e. The number of carbonyl (C=O) groups excluding carboxylic acids is 2. The zero-order valence-corrected chi connectivity index (χ0v) is 23.9. The van der Waals surface area contributed by atoms with Gasteiger partial charge < -0.3 is 15.0 Å². The second-order valence-corrected chi connectivity index (χ2v) is 11.6. The molecule has 0 aromatic heterocycles. The number of anilines is 1. The van der Waals surface area contributed by atoms with Crippen LogP contribution < -0.4 is 14.4 Å². The highest BCUT2D eigenvalue weighted by Crippen LogP contribution is 2.30. The first kappa shape index (κ1) is 29.6. The molecule has 0 heterocycles. The highest BCUT2D eigenvalue weighted by molar-refractivity contribution is 9.10. The number of benzene rings is 2. The molecule has 0 spiro atoms. The zero-order chi connectivity index (χ0) is 26.9. The van der Waals surface area contributed by atoms with E-state index in [1.807, 2.05) is 45.0 Å². The lowest BCUT2D eigenvalue weighted by atomic mass is 10.1. The van der Waals surface area contributed by atoms with Gasteiger partial charge in [0.05, 0.1) is 18.6 Å². The molecule has 36 heavy (non-hydrogen) atoms. The van der Waals surface area contributed by atoms with Crippen LogP contribution in [0, 0.1) is 0 Å². The Morgan fingerprint density at radius 3 is 2.28 bits per heavy atom. The van der Waals surface area contributed by atoms with E-state index in [0.717, 1.165) is 16.3 Å². The molecular formula is C26H36BrN3O5S. The standard InChI is InChI=1S/C26H36BrN3O5S/c1-6-35-24-11-8-7-10-23(24)30(36(5,33)34)17-9-12-25(31)29(20(4)26(32)28-19(2)3)18-21-13-15-22(27)16-14-21/h7-8,10-11,13-16,19-20H,6,9,12,17-18H2,1-5H3,(H,28,32). The molecule has 0 bridgehead atoms. The normalized spacial score (nSPS) is 12.2. The van der Waals surface area contributed by atoms with E-state index < -0.39 is 16.1 Å². The van der Waals surface area contributed by atoms with Crippen LogP contribution in [0.3, 0.4) is 0 Å². The van der Waals surface area contributed by atoms with E-state index in [9.17, 15) is 18.0 Å². The van der Waals surface area contributed by atoms with Crippen LogP contribution in [-0.4, -0.2) is 56.6 Å². The van der Waals surface area contributed by atoms with Gasteiger partial charge in [-0.05, 0) is 63.9 Å². The van der Waals surface area contributed by atoms with Crippen LogP contribution in [-0.2, 0) is 26.2 Å². The lowest BCUT2D eigenvalue weighted by Crippen LogP contribution is -2.49. The molecule has 8 nitrogen and oxygen atoms in total. The molecule has 0 radical (unpaired) electrons. The second kappa shape index (κ2) is 13.6. The SMILES string of the molecule is CCOc1ccccc1N(CCCC(=O)N(Cc1ccc(Br)cc1)C(C)C(=O)NC(C)C)S(C)(=O)=O. The number of hydrogen-bond acceptors (Lipinski definition) is 5. The fraction of sp³-hybridized carbons (Fsp3) is 0.462. The van der Waals surface area contributed by atoms with E-state index in [1.165, 1.54) is 4.31 Å². The first-order valence-corrected chi connectivity index (χ1v) is 14.6. The fourth-order valence-corrected chi connectivity index (χ4v) is 4.93. The molecule has 0 aliphatic carbocycles. The average molecular weight is 583 g/mol. The summed E-state index contributed by atoms with van der Waals surface area (Å²) in [6, 6.07) is 13.8. The number of amides is 2. The lowest BCUT2D eigenvalue weighted by molar-refractivity contribution is -0.140. The van der Waals surface area contributed by atoms with Crippen molar-refractivity contribution < 1.29 is 22.7 Å². The summed E-state index contributed by atoms with van der Waals surface area (Å²) < 4.78 is 33.0. The van der Waals surface area contributed by atoms with Crippen molar-refractivity contribution in [2.75, 3.05) is 23.7 Å². The maximum absolute atomic E-state index is 13.3. The number of rotatable bonds is 13. The molecule has 0 saturated heterocycles. The van der Waals surface area contributed by atoms with Crippen molar-refractivity contribution in [3.05, 3.63) is 58.6 Å². The van der Waals surface area contributed by atoms with Crippen molar-refractivity contribution in [3.8, 4) is 5.75 Å². The Labute approximate surface area is 223 Å². The summed E-state index contributed by atoms with van der Waals surface area (Å²) >= 11 is 3.41. The van der Waals surface area contributed by atoms with E-state index in [4.69, 9.17) is 4.74 Å². The fourth-order valence-electron chi connectivity index (χ4n) is 3.70. The molecule has 2 amide bonds. The van der Waals surface area contributed by atoms with Gasteiger partial charge >= 0.3 is 0 Å². The van der Waals surface area contributed by atoms with Gasteiger partial charge in [-0.3, -0.25) is 13.9 Å². The molecule has 1 unspecified atom stereocenters. The van der Waals surface area contributed by atoms with Crippen LogP contribution in [0.25, 0.3) is 0 Å². The molecule has 1 atom stereocenters. The Kier molecular flexibility index (Phi) is 11.2. The summed E-state index contributed by atoms with van der Waals surface area (Å²) in [6.45, 7) is 8.03. The predicted molar refractivity (Wildman–Crippen MR) is 146 cm³/mol. The van der Waals surface area contributed by atoms with Crippen LogP contribution in [0.1, 0.15) is 46.1 Å². The van der Waals surface area contributed by atoms with Crippen LogP contribution in [0.5, 0.6) is 5.75 Å². The highest BCUT2D eigenvalue weighted by Gasteiger charge is 2.27. The lowest BCUT2D eigenvalue weighted by Gasteiger charge is -2.30. The summed E-state index contributed by atoms with van der Waals surface area (Å²) in [5.41, 5.74) is 1.32. The van der Waals surface area contributed by atoms with Crippen LogP contribution >= 0.6 is 15.9 Å². The molecule has 2 aromatic rings. The zero-order valence-electron chi connectivity index (χ0n) is 21.5. The highest BCUT2D eigenvalue weighted by atomic mass is 79.9. The number of nitrogens with one attached hydrogen (secondary N) is 1. The van der Waals surface area contributed by atoms with Crippen molar-refractivity contribution in [2.24, 2.45) is 0 Å². The first-order chi connectivity index (χ1) is 16.9. The van der Waals surface area contributed by atoms with Gasteiger partial charge in [-0.1, -0.05) is 40.2 Å². The van der Waals surface area contributed by atoms with Gasteiger partial charge in [-0.25, -0.2) is 8.42 Å². The quantitative estimate of drug-likeness (QED) is 0.379. The number of para-hydroxylation sites is 2. The molecule has 2 rings (SSSR count). The smallest absolute Gasteiger partial charge is 0.242 e. The maximum atomic E-state index is 13.3. The first-order valence-electron chi connectivity index (χ1n) is 12.0. The monoisotopic (exact) mass is 581 g/mol. The number of carbonyl (C=O) groups is 2. The Balaban J connectivity index is 2.20. The minimum Gasteiger partial charge on any atom is -0.492 e. The number of hydrogen-bond donors (Lipinski definition) is 1. The molecule has 0 saturated carbocycles. The number of nitrogens with zero attached hydrogens (tertiary/aromatic N) is 2. The third-order valence-corrected chi connectivity index (χ3v) is 7.16. The summed E-state index contributed by atoms with van der Waals surface area (Å²) in [6.07, 6.45) is 1.50. The van der Waals surface area contributed by atoms with Crippen molar-refractivity contribution in [3.63, 3.8) is 0 Å². The topological polar surface area (TPSA) is 96.0 Å². The van der Waals surface area contributed by atoms with Gasteiger partial charge in [0.2, 0.25) is 21.8 Å². The third-order valence-electron chi connectivity index (χ3n) is 5.45. The Morgan fingerprint density at radius 1 is 1.06 bits per heavy atom. The summed E-state index contributed by atoms with van der Waals surface area (Å²) in [5, 5.41) is 2.86. The minimum atomic E-state index is -3.61. The second-order valence-electron chi connectivity index (χ2n) is 8.83. The van der Waals surface area contributed by atoms with E-state index in [0.29, 0.717) is 18.0 Å². The summed E-state index contributed by atoms with van der Waals surface area (Å²) in [5.74, 6) is 0.00216. The van der Waals surface area contributed by atoms with Gasteiger partial charge in [0.15, 0.2) is 0 Å². The minimum absolute atomic E-state index is 0.0571. The van der Waals surface area contributed by atoms with E-state index in [-0.39, 0.29) is 43.8 Å². The largest absolute Gasteiger partial charge is 0.492 e. The molecule has 198 valence electrons. The van der Waals surface area contributed by atoms with Gasteiger partial charge in [-0.2, -0.15) is 0 Å². The Bertz CT molecular complexity index is 1120. The van der Waals surface area contributed by atoms with E-state index in [2.05, 4.69) is 21.2 Å². The Morgan fingerprint density at radius 2 is 1.69 bits per heavy atom. The number of halogens is 1. The summed E-state index contributed by atoms with van der Waals surface area (Å²) in [7, 11) is -3.61. The van der Waals surface area contributed by atoms with Crippen LogP contribution in [0.15, 0.2) is 53.0 Å². The molecule has 10 heteroatoms. The summed E-state index contributed by atoms with van der Waals surface area (Å²) in [4.78, 5) is 27.6. The molecule has 0 fully saturated rings. The molecule has 1 N–H and O–H groups in total. The third kappa shape index (κ3) is 8.81. The van der Waals surface area contributed by atoms with Gasteiger partial charge in [0.1, 0.15) is 11.8 Å². The molecule has 2 aromatic carbocycles.